The monoisotopic (exact) mass is 481 g/mol. The van der Waals surface area contributed by atoms with Gasteiger partial charge in [0.1, 0.15) is 12.1 Å². The largest absolute Gasteiger partial charge is 0.390 e. The van der Waals surface area contributed by atoms with Crippen LogP contribution in [0.2, 0.25) is 0 Å². The molecule has 6 heteroatoms. The summed E-state index contributed by atoms with van der Waals surface area (Å²) in [6.07, 6.45) is 9.86. The van der Waals surface area contributed by atoms with Gasteiger partial charge in [0, 0.05) is 5.92 Å². The van der Waals surface area contributed by atoms with Crippen LogP contribution < -0.4 is 0 Å². The van der Waals surface area contributed by atoms with E-state index in [9.17, 15) is 14.3 Å². The van der Waals surface area contributed by atoms with Gasteiger partial charge in [0.25, 0.3) is 0 Å². The molecule has 2 aromatic rings. The highest BCUT2D eigenvalue weighted by atomic mass is 19.1. The number of aryl methyl sites for hydroxylation is 1. The fraction of sp³-hybridized carbons (Fsp3) is 0.759. The Morgan fingerprint density at radius 1 is 1.06 bits per heavy atom. The maximum Gasteiger partial charge on any atom is 0.157 e. The van der Waals surface area contributed by atoms with E-state index in [0.717, 1.165) is 50.0 Å². The van der Waals surface area contributed by atoms with Gasteiger partial charge in [-0.05, 0) is 124 Å². The van der Waals surface area contributed by atoms with E-state index in [2.05, 4.69) is 24.2 Å². The molecular weight excluding hydrogens is 441 g/mol. The van der Waals surface area contributed by atoms with E-state index < -0.39 is 5.60 Å². The Morgan fingerprint density at radius 3 is 2.63 bits per heavy atom. The van der Waals surface area contributed by atoms with Crippen molar-refractivity contribution in [2.24, 2.45) is 40.4 Å². The molecule has 0 saturated heterocycles. The van der Waals surface area contributed by atoms with Gasteiger partial charge in [0.2, 0.25) is 0 Å². The van der Waals surface area contributed by atoms with E-state index in [1.54, 1.807) is 4.68 Å². The van der Waals surface area contributed by atoms with Gasteiger partial charge in [0.05, 0.1) is 11.1 Å². The second-order valence-corrected chi connectivity index (χ2v) is 13.4. The molecule has 8 atom stereocenters. The van der Waals surface area contributed by atoms with Crippen molar-refractivity contribution in [1.82, 2.24) is 15.0 Å². The summed E-state index contributed by atoms with van der Waals surface area (Å²) in [5.41, 5.74) is 1.54. The van der Waals surface area contributed by atoms with Crippen LogP contribution >= 0.6 is 0 Å². The first-order valence-corrected chi connectivity index (χ1v) is 13.8. The third-order valence-corrected chi connectivity index (χ3v) is 11.4. The average Bonchev–Trinajstić information content (AvgIpc) is 3.35. The Bertz CT molecular complexity index is 1170. The molecule has 0 spiro atoms. The van der Waals surface area contributed by atoms with Crippen LogP contribution in [0.5, 0.6) is 0 Å². The average molecular weight is 482 g/mol. The fourth-order valence-corrected chi connectivity index (χ4v) is 9.49. The SMILES string of the molecule is Cc1cc(F)c2nnn(CC(=O)[C@H]3CC[C@H]4[C@@H]5CC[C@H]6C[C@](C)(O)CC[C@]6(C)[C@H]5CC[C@]34C)c2c1. The van der Waals surface area contributed by atoms with Gasteiger partial charge in [-0.1, -0.05) is 19.1 Å². The number of carbonyl (C=O) groups is 1. The Balaban J connectivity index is 1.22. The normalized spacial score (nSPS) is 43.0. The molecule has 1 aromatic heterocycles. The molecular formula is C29H40FN3O2. The fourth-order valence-electron chi connectivity index (χ4n) is 9.49. The Kier molecular flexibility index (Phi) is 5.28. The number of halogens is 1. The number of fused-ring (bicyclic) bond motifs is 6. The van der Waals surface area contributed by atoms with Crippen LogP contribution in [0, 0.1) is 53.2 Å². The molecule has 0 amide bonds. The molecule has 4 fully saturated rings. The molecule has 0 radical (unpaired) electrons. The van der Waals surface area contributed by atoms with Crippen LogP contribution in [-0.2, 0) is 11.3 Å². The van der Waals surface area contributed by atoms with Crippen molar-refractivity contribution in [2.75, 3.05) is 0 Å². The van der Waals surface area contributed by atoms with Crippen molar-refractivity contribution in [3.63, 3.8) is 0 Å². The summed E-state index contributed by atoms with van der Waals surface area (Å²) in [5, 5.41) is 18.9. The predicted octanol–water partition coefficient (Wildman–Crippen LogP) is 5.86. The summed E-state index contributed by atoms with van der Waals surface area (Å²) in [5.74, 6) is 2.53. The molecule has 1 heterocycles. The summed E-state index contributed by atoms with van der Waals surface area (Å²) in [4.78, 5) is 13.7. The molecule has 0 aliphatic heterocycles. The standard InChI is InChI=1S/C29H40FN3O2/c1-17-13-23(30)26-24(14-17)33(32-31-26)16-25(34)22-8-7-20-19-6-5-18-15-27(2,35)11-12-28(18,3)21(19)9-10-29(20,22)4/h13-14,18-22,35H,5-12,15-16H2,1-4H3/t18-,19-,20-,21-,22+,27+,28-,29-/m0/s1. The number of nitrogens with zero attached hydrogens (tertiary/aromatic N) is 3. The number of benzene rings is 1. The molecule has 1 N–H and O–H groups in total. The molecule has 4 saturated carbocycles. The van der Waals surface area contributed by atoms with Crippen molar-refractivity contribution in [2.45, 2.75) is 97.6 Å². The second-order valence-electron chi connectivity index (χ2n) is 13.4. The van der Waals surface area contributed by atoms with Gasteiger partial charge in [-0.25, -0.2) is 9.07 Å². The van der Waals surface area contributed by atoms with Crippen LogP contribution in [0.15, 0.2) is 12.1 Å². The minimum Gasteiger partial charge on any atom is -0.390 e. The summed E-state index contributed by atoms with van der Waals surface area (Å²) >= 11 is 0. The zero-order valence-corrected chi connectivity index (χ0v) is 21.7. The highest BCUT2D eigenvalue weighted by Gasteiger charge is 2.61. The lowest BCUT2D eigenvalue weighted by molar-refractivity contribution is -0.151. The molecule has 190 valence electrons. The second kappa shape index (κ2) is 7.84. The van der Waals surface area contributed by atoms with Gasteiger partial charge >= 0.3 is 0 Å². The number of ketones is 1. The van der Waals surface area contributed by atoms with Gasteiger partial charge in [-0.3, -0.25) is 4.79 Å². The minimum atomic E-state index is -0.502. The summed E-state index contributed by atoms with van der Waals surface area (Å²) in [7, 11) is 0. The first kappa shape index (κ1) is 23.6. The zero-order chi connectivity index (χ0) is 24.8. The van der Waals surface area contributed by atoms with E-state index in [0.29, 0.717) is 28.7 Å². The lowest BCUT2D eigenvalue weighted by Gasteiger charge is -2.61. The first-order valence-electron chi connectivity index (χ1n) is 13.8. The van der Waals surface area contributed by atoms with E-state index in [-0.39, 0.29) is 35.0 Å². The molecule has 4 aliphatic carbocycles. The van der Waals surface area contributed by atoms with Crippen molar-refractivity contribution < 1.29 is 14.3 Å². The first-order chi connectivity index (χ1) is 16.5. The number of rotatable bonds is 3. The topological polar surface area (TPSA) is 68.0 Å². The van der Waals surface area contributed by atoms with Crippen molar-refractivity contribution in [3.05, 3.63) is 23.5 Å². The van der Waals surface area contributed by atoms with E-state index in [4.69, 9.17) is 0 Å². The van der Waals surface area contributed by atoms with Crippen LogP contribution in [0.25, 0.3) is 11.0 Å². The quantitative estimate of drug-likeness (QED) is 0.596. The smallest absolute Gasteiger partial charge is 0.157 e. The molecule has 4 aliphatic rings. The van der Waals surface area contributed by atoms with Crippen LogP contribution in [0.1, 0.15) is 84.1 Å². The highest BCUT2D eigenvalue weighted by molar-refractivity contribution is 5.84. The maximum absolute atomic E-state index is 14.3. The highest BCUT2D eigenvalue weighted by Crippen LogP contribution is 2.68. The predicted molar refractivity (Wildman–Crippen MR) is 133 cm³/mol. The number of carbonyl (C=O) groups excluding carboxylic acids is 1. The van der Waals surface area contributed by atoms with E-state index in [1.165, 1.54) is 25.3 Å². The Labute approximate surface area is 207 Å². The lowest BCUT2D eigenvalue weighted by Crippen LogP contribution is -2.55. The zero-order valence-electron chi connectivity index (χ0n) is 21.7. The van der Waals surface area contributed by atoms with Gasteiger partial charge < -0.3 is 5.11 Å². The Morgan fingerprint density at radius 2 is 1.83 bits per heavy atom. The van der Waals surface area contributed by atoms with E-state index in [1.807, 2.05) is 19.9 Å². The number of hydrogen-bond donors (Lipinski definition) is 1. The Hall–Kier alpha value is -1.82. The summed E-state index contributed by atoms with van der Waals surface area (Å²) in [6, 6.07) is 3.34. The molecule has 35 heavy (non-hydrogen) atoms. The summed E-state index contributed by atoms with van der Waals surface area (Å²) in [6.45, 7) is 8.95. The van der Waals surface area contributed by atoms with Crippen molar-refractivity contribution >= 4 is 16.8 Å². The van der Waals surface area contributed by atoms with Gasteiger partial charge in [-0.15, -0.1) is 5.10 Å². The molecule has 1 aromatic carbocycles. The number of hydrogen-bond acceptors (Lipinski definition) is 4. The lowest BCUT2D eigenvalue weighted by atomic mass is 9.44. The third kappa shape index (κ3) is 3.53. The van der Waals surface area contributed by atoms with E-state index >= 15 is 0 Å². The molecule has 5 nitrogen and oxygen atoms in total. The van der Waals surface area contributed by atoms with Crippen LogP contribution in [-0.4, -0.2) is 31.5 Å². The van der Waals surface area contributed by atoms with Crippen LogP contribution in [0.4, 0.5) is 4.39 Å². The van der Waals surface area contributed by atoms with Gasteiger partial charge in [-0.2, -0.15) is 0 Å². The van der Waals surface area contributed by atoms with Crippen molar-refractivity contribution in [3.8, 4) is 0 Å². The number of Topliss-reactive ketones (excluding diaryl/α,β-unsaturated/α-hetero) is 1. The maximum atomic E-state index is 14.3. The van der Waals surface area contributed by atoms with Crippen molar-refractivity contribution in [1.29, 1.82) is 0 Å². The molecule has 0 bridgehead atoms. The third-order valence-electron chi connectivity index (χ3n) is 11.4. The summed E-state index contributed by atoms with van der Waals surface area (Å²) < 4.78 is 15.9. The van der Waals surface area contributed by atoms with Gasteiger partial charge in [0.15, 0.2) is 11.6 Å². The molecule has 6 rings (SSSR count). The minimum absolute atomic E-state index is 0.0408. The van der Waals surface area contributed by atoms with Crippen LogP contribution in [0.3, 0.4) is 0 Å². The number of aromatic nitrogens is 3. The molecule has 0 unspecified atom stereocenters. The number of aliphatic hydroxyl groups is 1.